The summed E-state index contributed by atoms with van der Waals surface area (Å²) < 4.78 is 11.0. The molecule has 27 heavy (non-hydrogen) atoms. The van der Waals surface area contributed by atoms with Crippen LogP contribution in [0, 0.1) is 0 Å². The van der Waals surface area contributed by atoms with Gasteiger partial charge in [0.2, 0.25) is 0 Å². The second-order valence-electron chi connectivity index (χ2n) is 5.43. The quantitative estimate of drug-likeness (QED) is 0.410. The molecule has 0 aliphatic rings. The van der Waals surface area contributed by atoms with Crippen LogP contribution in [-0.4, -0.2) is 26.8 Å². The van der Waals surface area contributed by atoms with Gasteiger partial charge >= 0.3 is 17.7 Å². The first-order chi connectivity index (χ1) is 13.3. The Morgan fingerprint density at radius 3 is 1.93 bits per heavy atom. The molecule has 8 heteroatoms. The van der Waals surface area contributed by atoms with Crippen LogP contribution in [0.25, 0.3) is 0 Å². The maximum absolute atomic E-state index is 11.6. The average Bonchev–Trinajstić information content (AvgIpc) is 2.70. The Morgan fingerprint density at radius 1 is 0.778 bits per heavy atom. The number of rotatable bonds is 10. The zero-order valence-electron chi connectivity index (χ0n) is 14.5. The van der Waals surface area contributed by atoms with Gasteiger partial charge in [0.15, 0.2) is 0 Å². The lowest BCUT2D eigenvalue weighted by molar-refractivity contribution is 0.319. The van der Waals surface area contributed by atoms with Crippen LogP contribution < -0.4 is 15.2 Å². The van der Waals surface area contributed by atoms with Crippen molar-refractivity contribution in [2.75, 3.05) is 11.9 Å². The van der Waals surface area contributed by atoms with Gasteiger partial charge in [0.25, 0.3) is 0 Å². The number of aromatic nitrogens is 3. The van der Waals surface area contributed by atoms with Gasteiger partial charge in [-0.2, -0.15) is 0 Å². The lowest BCUT2D eigenvalue weighted by atomic mass is 10.2. The monoisotopic (exact) mass is 401 g/mol. The summed E-state index contributed by atoms with van der Waals surface area (Å²) in [4.78, 5) is 21.9. The topological polar surface area (TPSA) is 77.1 Å². The van der Waals surface area contributed by atoms with Crippen molar-refractivity contribution >= 4 is 23.5 Å². The van der Waals surface area contributed by atoms with Crippen LogP contribution in [0.2, 0.25) is 0 Å². The highest BCUT2D eigenvalue weighted by molar-refractivity contribution is 7.98. The molecule has 0 spiro atoms. The Balaban J connectivity index is 1.42. The summed E-state index contributed by atoms with van der Waals surface area (Å²) in [6, 6.07) is 20.3. The van der Waals surface area contributed by atoms with Gasteiger partial charge in [-0.25, -0.2) is 4.79 Å². The van der Waals surface area contributed by atoms with Gasteiger partial charge in [-0.1, -0.05) is 60.7 Å². The predicted octanol–water partition coefficient (Wildman–Crippen LogP) is 3.70. The van der Waals surface area contributed by atoms with Crippen LogP contribution in [-0.2, 0) is 11.5 Å². The summed E-state index contributed by atoms with van der Waals surface area (Å²) in [6.07, 6.45) is 0. The molecule has 3 aromatic rings. The number of nitrogens with zero attached hydrogens (tertiary/aromatic N) is 2. The first kappa shape index (κ1) is 19.3. The molecule has 0 bridgehead atoms. The van der Waals surface area contributed by atoms with Gasteiger partial charge in [-0.05, 0) is 11.1 Å². The number of ether oxygens (including phenoxy) is 2. The van der Waals surface area contributed by atoms with Crippen LogP contribution in [0.15, 0.2) is 65.5 Å². The van der Waals surface area contributed by atoms with E-state index in [4.69, 9.17) is 9.47 Å². The Hall–Kier alpha value is -2.45. The fourth-order valence-electron chi connectivity index (χ4n) is 2.14. The summed E-state index contributed by atoms with van der Waals surface area (Å²) in [6.45, 7) is 0. The number of benzene rings is 2. The third-order valence-electron chi connectivity index (χ3n) is 3.38. The second kappa shape index (κ2) is 10.6. The molecule has 6 nitrogen and oxygen atoms in total. The molecule has 0 unspecified atom stereocenters. The van der Waals surface area contributed by atoms with Gasteiger partial charge in [0.05, 0.1) is 0 Å². The maximum atomic E-state index is 11.6. The van der Waals surface area contributed by atoms with Crippen molar-refractivity contribution in [1.82, 2.24) is 15.0 Å². The van der Waals surface area contributed by atoms with E-state index in [-0.39, 0.29) is 12.0 Å². The molecule has 2 aromatic carbocycles. The SMILES string of the molecule is O=c1nc(OCSCc2ccccc2)nc(OCSCc2ccccc2)[nH]1. The summed E-state index contributed by atoms with van der Waals surface area (Å²) in [7, 11) is 0. The van der Waals surface area contributed by atoms with E-state index in [9.17, 15) is 4.79 Å². The number of nitrogens with one attached hydrogen (secondary N) is 1. The second-order valence-corrected chi connectivity index (χ2v) is 7.30. The third kappa shape index (κ3) is 6.99. The molecule has 0 aliphatic carbocycles. The van der Waals surface area contributed by atoms with E-state index in [2.05, 4.69) is 39.2 Å². The molecular formula is C19H19N3O3S2. The van der Waals surface area contributed by atoms with Gasteiger partial charge in [-0.15, -0.1) is 33.5 Å². The summed E-state index contributed by atoms with van der Waals surface area (Å²) >= 11 is 3.15. The van der Waals surface area contributed by atoms with E-state index in [1.54, 1.807) is 23.5 Å². The smallest absolute Gasteiger partial charge is 0.353 e. The Morgan fingerprint density at radius 2 is 1.33 bits per heavy atom. The van der Waals surface area contributed by atoms with E-state index in [1.807, 2.05) is 36.4 Å². The zero-order chi connectivity index (χ0) is 18.7. The van der Waals surface area contributed by atoms with Crippen LogP contribution in [0.4, 0.5) is 0 Å². The van der Waals surface area contributed by atoms with Crippen LogP contribution >= 0.6 is 23.5 Å². The Bertz CT molecular complexity index is 807. The van der Waals surface area contributed by atoms with Gasteiger partial charge < -0.3 is 9.47 Å². The minimum Gasteiger partial charge on any atom is -0.454 e. The van der Waals surface area contributed by atoms with Gasteiger partial charge in [0, 0.05) is 11.5 Å². The van der Waals surface area contributed by atoms with Crippen molar-refractivity contribution in [2.45, 2.75) is 11.5 Å². The molecule has 3 rings (SSSR count). The first-order valence-electron chi connectivity index (χ1n) is 8.27. The lowest BCUT2D eigenvalue weighted by Gasteiger charge is -2.07. The fourth-order valence-corrected chi connectivity index (χ4v) is 3.55. The van der Waals surface area contributed by atoms with E-state index in [0.717, 1.165) is 11.5 Å². The van der Waals surface area contributed by atoms with Crippen LogP contribution in [0.3, 0.4) is 0 Å². The van der Waals surface area contributed by atoms with Crippen molar-refractivity contribution in [1.29, 1.82) is 0 Å². The highest BCUT2D eigenvalue weighted by Crippen LogP contribution is 2.15. The summed E-state index contributed by atoms with van der Waals surface area (Å²) in [5.74, 6) is 2.34. The van der Waals surface area contributed by atoms with Gasteiger partial charge in [-0.3, -0.25) is 4.98 Å². The fraction of sp³-hybridized carbons (Fsp3) is 0.211. The Kier molecular flexibility index (Phi) is 7.61. The normalized spacial score (nSPS) is 10.5. The molecule has 0 aliphatic heterocycles. The van der Waals surface area contributed by atoms with Crippen molar-refractivity contribution in [2.24, 2.45) is 0 Å². The molecule has 0 fully saturated rings. The minimum absolute atomic E-state index is 0.0161. The van der Waals surface area contributed by atoms with E-state index in [0.29, 0.717) is 11.9 Å². The van der Waals surface area contributed by atoms with Crippen molar-refractivity contribution in [3.63, 3.8) is 0 Å². The van der Waals surface area contributed by atoms with E-state index in [1.165, 1.54) is 11.1 Å². The highest BCUT2D eigenvalue weighted by Gasteiger charge is 2.05. The van der Waals surface area contributed by atoms with Crippen LogP contribution in [0.5, 0.6) is 12.0 Å². The standard InChI is InChI=1S/C19H19N3O3S2/c23-17-20-18(24-13-26-11-15-7-3-1-4-8-15)22-19(21-17)25-14-27-12-16-9-5-2-6-10-16/h1-10H,11-14H2,(H,20,21,22,23). The van der Waals surface area contributed by atoms with Crippen molar-refractivity contribution in [3.8, 4) is 12.0 Å². The summed E-state index contributed by atoms with van der Waals surface area (Å²) in [5, 5.41) is 0. The van der Waals surface area contributed by atoms with Crippen LogP contribution in [0.1, 0.15) is 11.1 Å². The van der Waals surface area contributed by atoms with E-state index >= 15 is 0 Å². The number of thioether (sulfide) groups is 2. The lowest BCUT2D eigenvalue weighted by Crippen LogP contribution is -2.16. The van der Waals surface area contributed by atoms with E-state index < -0.39 is 5.69 Å². The molecule has 1 aromatic heterocycles. The number of hydrogen-bond donors (Lipinski definition) is 1. The molecule has 1 heterocycles. The molecule has 0 saturated heterocycles. The molecule has 0 amide bonds. The van der Waals surface area contributed by atoms with Crippen molar-refractivity contribution < 1.29 is 9.47 Å². The molecule has 0 radical (unpaired) electrons. The number of hydrogen-bond acceptors (Lipinski definition) is 7. The average molecular weight is 402 g/mol. The number of H-pyrrole nitrogens is 1. The summed E-state index contributed by atoms with van der Waals surface area (Å²) in [5.41, 5.74) is 1.87. The highest BCUT2D eigenvalue weighted by atomic mass is 32.2. The predicted molar refractivity (Wildman–Crippen MR) is 109 cm³/mol. The third-order valence-corrected chi connectivity index (χ3v) is 5.03. The number of aromatic amines is 1. The Labute approximate surface area is 165 Å². The molecule has 140 valence electrons. The molecule has 0 saturated carbocycles. The maximum Gasteiger partial charge on any atom is 0.353 e. The molecule has 1 N–H and O–H groups in total. The zero-order valence-corrected chi connectivity index (χ0v) is 16.2. The largest absolute Gasteiger partial charge is 0.454 e. The molecule has 0 atom stereocenters. The first-order valence-corrected chi connectivity index (χ1v) is 10.6. The molecular weight excluding hydrogens is 382 g/mol. The minimum atomic E-state index is -0.545. The van der Waals surface area contributed by atoms with Gasteiger partial charge in [0.1, 0.15) is 11.9 Å². The van der Waals surface area contributed by atoms with Crippen molar-refractivity contribution in [3.05, 3.63) is 82.3 Å².